The zero-order valence-electron chi connectivity index (χ0n) is 22.9. The number of amides is 2. The standard InChI is InChI=1S/C28H45N3O4/c1-8-28(13-15-31(16-14-28)24(32)20-27(3,4)5)26(34)30(9-2)21-22-11-10-12-23(19-22)25(33)35-18-17-29(6)7/h10-12,19H,8-9,13-18,20-21H2,1-7H3. The van der Waals surface area contributed by atoms with E-state index < -0.39 is 5.41 Å². The molecule has 1 fully saturated rings. The first-order valence-corrected chi connectivity index (χ1v) is 12.9. The molecule has 0 bridgehead atoms. The highest BCUT2D eigenvalue weighted by molar-refractivity contribution is 5.89. The lowest BCUT2D eigenvalue weighted by atomic mass is 9.74. The van der Waals surface area contributed by atoms with Crippen molar-refractivity contribution in [2.24, 2.45) is 10.8 Å². The molecule has 7 heteroatoms. The summed E-state index contributed by atoms with van der Waals surface area (Å²) in [5, 5.41) is 0. The van der Waals surface area contributed by atoms with Crippen LogP contribution in [0.2, 0.25) is 0 Å². The molecular weight excluding hydrogens is 442 g/mol. The molecule has 1 aromatic carbocycles. The third kappa shape index (κ3) is 8.34. The maximum atomic E-state index is 13.7. The Balaban J connectivity index is 2.05. The smallest absolute Gasteiger partial charge is 0.338 e. The largest absolute Gasteiger partial charge is 0.461 e. The van der Waals surface area contributed by atoms with Gasteiger partial charge in [-0.2, -0.15) is 0 Å². The van der Waals surface area contributed by atoms with Gasteiger partial charge in [-0.05, 0) is 63.4 Å². The van der Waals surface area contributed by atoms with E-state index >= 15 is 0 Å². The van der Waals surface area contributed by atoms with Crippen molar-refractivity contribution in [2.45, 2.75) is 66.8 Å². The van der Waals surface area contributed by atoms with Crippen LogP contribution < -0.4 is 0 Å². The predicted molar refractivity (Wildman–Crippen MR) is 139 cm³/mol. The average Bonchev–Trinajstić information content (AvgIpc) is 2.81. The molecule has 1 aliphatic heterocycles. The maximum absolute atomic E-state index is 13.7. The van der Waals surface area contributed by atoms with Crippen molar-refractivity contribution in [3.8, 4) is 0 Å². The SMILES string of the molecule is CCN(Cc1cccc(C(=O)OCCN(C)C)c1)C(=O)C1(CC)CCN(C(=O)CC(C)(C)C)CC1. The Kier molecular flexibility index (Phi) is 10.3. The lowest BCUT2D eigenvalue weighted by Crippen LogP contribution is -2.51. The van der Waals surface area contributed by atoms with Crippen LogP contribution in [0.5, 0.6) is 0 Å². The van der Waals surface area contributed by atoms with E-state index in [1.54, 1.807) is 6.07 Å². The Hall–Kier alpha value is -2.41. The molecule has 0 aromatic heterocycles. The van der Waals surface area contributed by atoms with Gasteiger partial charge in [0, 0.05) is 39.1 Å². The predicted octanol–water partition coefficient (Wildman–Crippen LogP) is 4.21. The van der Waals surface area contributed by atoms with Crippen molar-refractivity contribution in [2.75, 3.05) is 46.9 Å². The number of likely N-dealkylation sites (tertiary alicyclic amines) is 1. The lowest BCUT2D eigenvalue weighted by molar-refractivity contribution is -0.149. The molecule has 196 valence electrons. The number of esters is 1. The molecule has 0 saturated carbocycles. The zero-order chi connectivity index (χ0) is 26.2. The Morgan fingerprint density at radius 3 is 2.29 bits per heavy atom. The van der Waals surface area contributed by atoms with E-state index in [0.717, 1.165) is 12.0 Å². The number of carbonyl (C=O) groups is 3. The first-order valence-electron chi connectivity index (χ1n) is 12.9. The topological polar surface area (TPSA) is 70.2 Å². The number of ether oxygens (including phenoxy) is 1. The van der Waals surface area contributed by atoms with Gasteiger partial charge in [0.1, 0.15) is 6.61 Å². The molecule has 1 saturated heterocycles. The minimum atomic E-state index is -0.447. The fourth-order valence-corrected chi connectivity index (χ4v) is 4.55. The number of piperidine rings is 1. The third-order valence-electron chi connectivity index (χ3n) is 6.86. The number of benzene rings is 1. The summed E-state index contributed by atoms with van der Waals surface area (Å²) < 4.78 is 5.37. The molecule has 1 aromatic rings. The van der Waals surface area contributed by atoms with Crippen LogP contribution in [0, 0.1) is 10.8 Å². The second kappa shape index (κ2) is 12.5. The van der Waals surface area contributed by atoms with E-state index in [1.807, 2.05) is 53.9 Å². The van der Waals surface area contributed by atoms with Crippen LogP contribution in [-0.4, -0.2) is 79.4 Å². The van der Waals surface area contributed by atoms with Crippen LogP contribution in [0.15, 0.2) is 24.3 Å². The first kappa shape index (κ1) is 28.8. The van der Waals surface area contributed by atoms with Crippen molar-refractivity contribution in [1.82, 2.24) is 14.7 Å². The fraction of sp³-hybridized carbons (Fsp3) is 0.679. The van der Waals surface area contributed by atoms with Crippen LogP contribution in [-0.2, 0) is 20.9 Å². The van der Waals surface area contributed by atoms with Gasteiger partial charge in [0.25, 0.3) is 0 Å². The van der Waals surface area contributed by atoms with Gasteiger partial charge in [-0.15, -0.1) is 0 Å². The zero-order valence-corrected chi connectivity index (χ0v) is 22.9. The van der Waals surface area contributed by atoms with Gasteiger partial charge in [0.2, 0.25) is 11.8 Å². The molecule has 2 amide bonds. The molecule has 35 heavy (non-hydrogen) atoms. The third-order valence-corrected chi connectivity index (χ3v) is 6.86. The quantitative estimate of drug-likeness (QED) is 0.463. The van der Waals surface area contributed by atoms with E-state index in [1.165, 1.54) is 0 Å². The summed E-state index contributed by atoms with van der Waals surface area (Å²) in [6, 6.07) is 7.35. The minimum absolute atomic E-state index is 0.0431. The van der Waals surface area contributed by atoms with Gasteiger partial charge in [-0.25, -0.2) is 4.79 Å². The van der Waals surface area contributed by atoms with E-state index in [0.29, 0.717) is 64.2 Å². The molecule has 0 atom stereocenters. The number of hydrogen-bond donors (Lipinski definition) is 0. The van der Waals surface area contributed by atoms with Gasteiger partial charge in [-0.3, -0.25) is 9.59 Å². The van der Waals surface area contributed by atoms with Gasteiger partial charge >= 0.3 is 5.97 Å². The minimum Gasteiger partial charge on any atom is -0.461 e. The van der Waals surface area contributed by atoms with E-state index in [9.17, 15) is 14.4 Å². The number of likely N-dealkylation sites (N-methyl/N-ethyl adjacent to an activating group) is 1. The Labute approximate surface area is 211 Å². The normalized spacial score (nSPS) is 15.7. The molecule has 2 rings (SSSR count). The number of nitrogens with zero attached hydrogens (tertiary/aromatic N) is 3. The molecule has 0 aliphatic carbocycles. The van der Waals surface area contributed by atoms with Crippen LogP contribution in [0.3, 0.4) is 0 Å². The summed E-state index contributed by atoms with van der Waals surface area (Å²) in [5.74, 6) is -0.0268. The van der Waals surface area contributed by atoms with E-state index in [2.05, 4.69) is 27.7 Å². The molecular formula is C28H45N3O4. The molecule has 1 heterocycles. The summed E-state index contributed by atoms with van der Waals surface area (Å²) in [6.07, 6.45) is 2.65. The molecule has 0 radical (unpaired) electrons. The summed E-state index contributed by atoms with van der Waals surface area (Å²) >= 11 is 0. The highest BCUT2D eigenvalue weighted by Crippen LogP contribution is 2.38. The second-order valence-corrected chi connectivity index (χ2v) is 11.2. The van der Waals surface area contributed by atoms with Crippen molar-refractivity contribution in [3.63, 3.8) is 0 Å². The monoisotopic (exact) mass is 487 g/mol. The Morgan fingerprint density at radius 2 is 1.74 bits per heavy atom. The summed E-state index contributed by atoms with van der Waals surface area (Å²) in [5.41, 5.74) is 0.919. The van der Waals surface area contributed by atoms with Crippen molar-refractivity contribution >= 4 is 17.8 Å². The summed E-state index contributed by atoms with van der Waals surface area (Å²) in [7, 11) is 3.86. The first-order chi connectivity index (χ1) is 16.4. The Bertz CT molecular complexity index is 867. The maximum Gasteiger partial charge on any atom is 0.338 e. The molecule has 7 nitrogen and oxygen atoms in total. The van der Waals surface area contributed by atoms with Crippen molar-refractivity contribution in [3.05, 3.63) is 35.4 Å². The van der Waals surface area contributed by atoms with Crippen LogP contribution in [0.1, 0.15) is 76.2 Å². The summed E-state index contributed by atoms with van der Waals surface area (Å²) in [6.45, 7) is 13.6. The summed E-state index contributed by atoms with van der Waals surface area (Å²) in [4.78, 5) is 44.6. The molecule has 0 N–H and O–H groups in total. The molecule has 0 unspecified atom stereocenters. The van der Waals surface area contributed by atoms with Gasteiger partial charge in [0.15, 0.2) is 0 Å². The van der Waals surface area contributed by atoms with E-state index in [4.69, 9.17) is 4.74 Å². The van der Waals surface area contributed by atoms with Crippen LogP contribution >= 0.6 is 0 Å². The van der Waals surface area contributed by atoms with Crippen LogP contribution in [0.4, 0.5) is 0 Å². The van der Waals surface area contributed by atoms with Gasteiger partial charge < -0.3 is 19.4 Å². The lowest BCUT2D eigenvalue weighted by Gasteiger charge is -2.43. The average molecular weight is 488 g/mol. The highest BCUT2D eigenvalue weighted by atomic mass is 16.5. The van der Waals surface area contributed by atoms with Crippen molar-refractivity contribution < 1.29 is 19.1 Å². The fourth-order valence-electron chi connectivity index (χ4n) is 4.55. The van der Waals surface area contributed by atoms with E-state index in [-0.39, 0.29) is 23.2 Å². The van der Waals surface area contributed by atoms with Crippen molar-refractivity contribution in [1.29, 1.82) is 0 Å². The highest BCUT2D eigenvalue weighted by Gasteiger charge is 2.43. The van der Waals surface area contributed by atoms with Gasteiger partial charge in [0.05, 0.1) is 11.0 Å². The number of rotatable bonds is 10. The molecule has 0 spiro atoms. The number of carbonyl (C=O) groups excluding carboxylic acids is 3. The van der Waals surface area contributed by atoms with Crippen LogP contribution in [0.25, 0.3) is 0 Å². The Morgan fingerprint density at radius 1 is 1.09 bits per heavy atom. The van der Waals surface area contributed by atoms with Gasteiger partial charge in [-0.1, -0.05) is 39.8 Å². The molecule has 1 aliphatic rings. The number of hydrogen-bond acceptors (Lipinski definition) is 5. The second-order valence-electron chi connectivity index (χ2n) is 11.2.